The van der Waals surface area contributed by atoms with Crippen LogP contribution in [0.3, 0.4) is 0 Å². The standard InChI is InChI=1S/C20H30N2O4/c1-6-14(2)22(15(3)23)10-8-20(24)21-9-7-16-11-18(25-4)19(26-5)12-17(16)13-21/h11-12,14H,6-10,13H2,1-5H3. The zero-order valence-corrected chi connectivity index (χ0v) is 16.5. The highest BCUT2D eigenvalue weighted by atomic mass is 16.5. The Hall–Kier alpha value is -2.24. The maximum absolute atomic E-state index is 12.7. The Kier molecular flexibility index (Phi) is 6.89. The minimum absolute atomic E-state index is 0.0213. The molecule has 0 saturated carbocycles. The van der Waals surface area contributed by atoms with Gasteiger partial charge in [-0.05, 0) is 43.0 Å². The van der Waals surface area contributed by atoms with E-state index >= 15 is 0 Å². The molecule has 0 N–H and O–H groups in total. The lowest BCUT2D eigenvalue weighted by Crippen LogP contribution is -2.41. The SMILES string of the molecule is CCC(C)N(CCC(=O)N1CCc2cc(OC)c(OC)cc2C1)C(C)=O. The maximum Gasteiger partial charge on any atom is 0.224 e. The van der Waals surface area contributed by atoms with Crippen LogP contribution < -0.4 is 9.47 Å². The highest BCUT2D eigenvalue weighted by Crippen LogP contribution is 2.33. The quantitative estimate of drug-likeness (QED) is 0.748. The van der Waals surface area contributed by atoms with Crippen LogP contribution in [0.1, 0.15) is 44.7 Å². The predicted molar refractivity (Wildman–Crippen MR) is 100 cm³/mol. The van der Waals surface area contributed by atoms with Crippen molar-refractivity contribution in [3.05, 3.63) is 23.3 Å². The average Bonchev–Trinajstić information content (AvgIpc) is 2.65. The fourth-order valence-electron chi connectivity index (χ4n) is 3.38. The van der Waals surface area contributed by atoms with Crippen molar-refractivity contribution in [1.29, 1.82) is 0 Å². The molecular weight excluding hydrogens is 332 g/mol. The number of fused-ring (bicyclic) bond motifs is 1. The van der Waals surface area contributed by atoms with Crippen LogP contribution in [0.5, 0.6) is 11.5 Å². The zero-order valence-electron chi connectivity index (χ0n) is 16.5. The van der Waals surface area contributed by atoms with Crippen molar-refractivity contribution in [1.82, 2.24) is 9.80 Å². The van der Waals surface area contributed by atoms with Crippen molar-refractivity contribution < 1.29 is 19.1 Å². The summed E-state index contributed by atoms with van der Waals surface area (Å²) in [7, 11) is 3.24. The Morgan fingerprint density at radius 1 is 1.19 bits per heavy atom. The number of carbonyl (C=O) groups is 2. The smallest absolute Gasteiger partial charge is 0.224 e. The summed E-state index contributed by atoms with van der Waals surface area (Å²) in [6.45, 7) is 7.35. The summed E-state index contributed by atoms with van der Waals surface area (Å²) in [5.41, 5.74) is 2.28. The van der Waals surface area contributed by atoms with Crippen LogP contribution in [0, 0.1) is 0 Å². The highest BCUT2D eigenvalue weighted by Gasteiger charge is 2.24. The number of hydrogen-bond donors (Lipinski definition) is 0. The predicted octanol–water partition coefficient (Wildman–Crippen LogP) is 2.63. The van der Waals surface area contributed by atoms with Crippen LogP contribution in [-0.4, -0.2) is 55.0 Å². The molecule has 26 heavy (non-hydrogen) atoms. The van der Waals surface area contributed by atoms with Gasteiger partial charge in [0.15, 0.2) is 11.5 Å². The molecular formula is C20H30N2O4. The molecule has 6 nitrogen and oxygen atoms in total. The van der Waals surface area contributed by atoms with Crippen LogP contribution in [0.15, 0.2) is 12.1 Å². The molecule has 0 saturated heterocycles. The summed E-state index contributed by atoms with van der Waals surface area (Å²) in [6.07, 6.45) is 2.03. The second kappa shape index (κ2) is 8.92. The van der Waals surface area contributed by atoms with Gasteiger partial charge < -0.3 is 19.3 Å². The second-order valence-corrected chi connectivity index (χ2v) is 6.76. The average molecular weight is 362 g/mol. The van der Waals surface area contributed by atoms with Gasteiger partial charge in [-0.2, -0.15) is 0 Å². The Morgan fingerprint density at radius 2 is 1.81 bits per heavy atom. The molecule has 2 amide bonds. The molecule has 0 aromatic heterocycles. The van der Waals surface area contributed by atoms with E-state index in [2.05, 4.69) is 0 Å². The molecule has 0 bridgehead atoms. The first-order valence-electron chi connectivity index (χ1n) is 9.20. The molecule has 0 aliphatic carbocycles. The Labute approximate surface area is 156 Å². The monoisotopic (exact) mass is 362 g/mol. The summed E-state index contributed by atoms with van der Waals surface area (Å²) >= 11 is 0. The van der Waals surface area contributed by atoms with Gasteiger partial charge in [0.1, 0.15) is 0 Å². The third-order valence-corrected chi connectivity index (χ3v) is 5.16. The first-order chi connectivity index (χ1) is 12.4. The lowest BCUT2D eigenvalue weighted by atomic mass is 9.98. The number of benzene rings is 1. The maximum atomic E-state index is 12.7. The van der Waals surface area contributed by atoms with Crippen molar-refractivity contribution in [3.8, 4) is 11.5 Å². The normalized spacial score (nSPS) is 14.4. The lowest BCUT2D eigenvalue weighted by molar-refractivity contribution is -0.135. The minimum Gasteiger partial charge on any atom is -0.493 e. The molecule has 0 spiro atoms. The number of carbonyl (C=O) groups excluding carboxylic acids is 2. The second-order valence-electron chi connectivity index (χ2n) is 6.76. The van der Waals surface area contributed by atoms with E-state index in [1.165, 1.54) is 5.56 Å². The van der Waals surface area contributed by atoms with E-state index in [1.54, 1.807) is 26.0 Å². The fourth-order valence-corrected chi connectivity index (χ4v) is 3.38. The number of rotatable bonds is 7. The molecule has 1 aliphatic rings. The van der Waals surface area contributed by atoms with Gasteiger partial charge >= 0.3 is 0 Å². The number of methoxy groups -OCH3 is 2. The van der Waals surface area contributed by atoms with Crippen LogP contribution in [0.25, 0.3) is 0 Å². The number of hydrogen-bond acceptors (Lipinski definition) is 4. The van der Waals surface area contributed by atoms with E-state index in [-0.39, 0.29) is 17.9 Å². The Balaban J connectivity index is 2.03. The van der Waals surface area contributed by atoms with Crippen molar-refractivity contribution in [2.75, 3.05) is 27.3 Å². The third-order valence-electron chi connectivity index (χ3n) is 5.16. The van der Waals surface area contributed by atoms with Crippen LogP contribution >= 0.6 is 0 Å². The molecule has 2 rings (SSSR count). The van der Waals surface area contributed by atoms with Crippen LogP contribution in [0.2, 0.25) is 0 Å². The van der Waals surface area contributed by atoms with E-state index in [1.807, 2.05) is 30.9 Å². The van der Waals surface area contributed by atoms with Crippen LogP contribution in [-0.2, 0) is 22.6 Å². The Bertz CT molecular complexity index is 659. The van der Waals surface area contributed by atoms with Gasteiger partial charge in [0.05, 0.1) is 14.2 Å². The third kappa shape index (κ3) is 4.48. The fraction of sp³-hybridized carbons (Fsp3) is 0.600. The first kappa shape index (κ1) is 20.1. The minimum atomic E-state index is 0.0213. The van der Waals surface area contributed by atoms with Gasteiger partial charge in [0.2, 0.25) is 11.8 Å². The largest absolute Gasteiger partial charge is 0.493 e. The van der Waals surface area contributed by atoms with Gasteiger partial charge in [-0.15, -0.1) is 0 Å². The van der Waals surface area contributed by atoms with Crippen molar-refractivity contribution in [3.63, 3.8) is 0 Å². The van der Waals surface area contributed by atoms with Crippen molar-refractivity contribution >= 4 is 11.8 Å². The van der Waals surface area contributed by atoms with Gasteiger partial charge in [0, 0.05) is 39.0 Å². The highest BCUT2D eigenvalue weighted by molar-refractivity contribution is 5.78. The van der Waals surface area contributed by atoms with Gasteiger partial charge in [0.25, 0.3) is 0 Å². The first-order valence-corrected chi connectivity index (χ1v) is 9.20. The van der Waals surface area contributed by atoms with E-state index in [9.17, 15) is 9.59 Å². The molecule has 0 radical (unpaired) electrons. The number of nitrogens with zero attached hydrogens (tertiary/aromatic N) is 2. The van der Waals surface area contributed by atoms with E-state index in [0.29, 0.717) is 31.8 Å². The number of amides is 2. The van der Waals surface area contributed by atoms with Crippen molar-refractivity contribution in [2.24, 2.45) is 0 Å². The molecule has 1 aliphatic heterocycles. The summed E-state index contributed by atoms with van der Waals surface area (Å²) in [4.78, 5) is 28.1. The number of ether oxygens (including phenoxy) is 2. The van der Waals surface area contributed by atoms with Gasteiger partial charge in [-0.25, -0.2) is 0 Å². The molecule has 1 unspecified atom stereocenters. The molecule has 1 heterocycles. The Morgan fingerprint density at radius 3 is 2.35 bits per heavy atom. The summed E-state index contributed by atoms with van der Waals surface area (Å²) in [5.74, 6) is 1.50. The van der Waals surface area contributed by atoms with E-state index < -0.39 is 0 Å². The molecule has 1 aromatic carbocycles. The van der Waals surface area contributed by atoms with Crippen LogP contribution in [0.4, 0.5) is 0 Å². The van der Waals surface area contributed by atoms with E-state index in [0.717, 1.165) is 24.2 Å². The molecule has 6 heteroatoms. The lowest BCUT2D eigenvalue weighted by Gasteiger charge is -2.31. The zero-order chi connectivity index (χ0) is 19.3. The molecule has 0 fully saturated rings. The van der Waals surface area contributed by atoms with Gasteiger partial charge in [-0.3, -0.25) is 9.59 Å². The summed E-state index contributed by atoms with van der Waals surface area (Å²) in [6, 6.07) is 4.10. The van der Waals surface area contributed by atoms with Gasteiger partial charge in [-0.1, -0.05) is 6.92 Å². The topological polar surface area (TPSA) is 59.1 Å². The summed E-state index contributed by atoms with van der Waals surface area (Å²) < 4.78 is 10.7. The molecule has 1 aromatic rings. The van der Waals surface area contributed by atoms with E-state index in [4.69, 9.17) is 9.47 Å². The van der Waals surface area contributed by atoms with Crippen molar-refractivity contribution in [2.45, 2.75) is 52.6 Å². The molecule has 1 atom stereocenters. The summed E-state index contributed by atoms with van der Waals surface area (Å²) in [5, 5.41) is 0. The molecule has 144 valence electrons.